The first-order valence-electron chi connectivity index (χ1n) is 5.16. The van der Waals surface area contributed by atoms with Crippen molar-refractivity contribution in [3.05, 3.63) is 0 Å². The number of hydrogen-bond acceptors (Lipinski definition) is 4. The van der Waals surface area contributed by atoms with Crippen LogP contribution in [0.15, 0.2) is 0 Å². The van der Waals surface area contributed by atoms with E-state index in [1.807, 2.05) is 0 Å². The molecule has 0 saturated carbocycles. The second kappa shape index (κ2) is 5.47. The van der Waals surface area contributed by atoms with Gasteiger partial charge in [-0.15, -0.1) is 0 Å². The van der Waals surface area contributed by atoms with Gasteiger partial charge in [0.2, 0.25) is 10.0 Å². The number of carboxylic acid groups (broad SMARTS) is 1. The maximum Gasteiger partial charge on any atom is 0.304 e. The van der Waals surface area contributed by atoms with E-state index in [2.05, 4.69) is 0 Å². The summed E-state index contributed by atoms with van der Waals surface area (Å²) >= 11 is 0. The molecule has 0 spiro atoms. The zero-order valence-corrected chi connectivity index (χ0v) is 11.3. The highest BCUT2D eigenvalue weighted by atomic mass is 32.2. The van der Waals surface area contributed by atoms with Crippen molar-refractivity contribution in [3.63, 3.8) is 0 Å². The van der Waals surface area contributed by atoms with E-state index >= 15 is 0 Å². The molecule has 0 rings (SSSR count). The Bertz CT molecular complexity index is 417. The molecule has 0 aliphatic rings. The Hall–Kier alpha value is -1.13. The van der Waals surface area contributed by atoms with E-state index in [0.29, 0.717) is 0 Å². The largest absolute Gasteiger partial charge is 0.481 e. The van der Waals surface area contributed by atoms with Gasteiger partial charge >= 0.3 is 5.97 Å². The number of aliphatic carboxylic acids is 1. The summed E-state index contributed by atoms with van der Waals surface area (Å²) in [5.41, 5.74) is -0.751. The van der Waals surface area contributed by atoms with Gasteiger partial charge in [0.1, 0.15) is 0 Å². The maximum atomic E-state index is 12.0. The standard InChI is InChI=1S/C10H18N2O4S/c1-8(7-11)17(15,16)12(10(2,3)4)6-5-9(13)14/h8H,5-6H2,1-4H3,(H,13,14). The molecule has 0 aromatic heterocycles. The van der Waals surface area contributed by atoms with Crippen molar-refractivity contribution < 1.29 is 18.3 Å². The first kappa shape index (κ1) is 15.9. The van der Waals surface area contributed by atoms with Crippen LogP contribution in [0.1, 0.15) is 34.1 Å². The van der Waals surface area contributed by atoms with Crippen molar-refractivity contribution in [2.45, 2.75) is 44.9 Å². The molecule has 1 atom stereocenters. The SMILES string of the molecule is CC(C#N)S(=O)(=O)N(CCC(=O)O)C(C)(C)C. The predicted octanol–water partition coefficient (Wildman–Crippen LogP) is 0.803. The molecule has 1 unspecified atom stereocenters. The van der Waals surface area contributed by atoms with Crippen molar-refractivity contribution >= 4 is 16.0 Å². The average molecular weight is 262 g/mol. The van der Waals surface area contributed by atoms with Crippen LogP contribution in [0.4, 0.5) is 0 Å². The van der Waals surface area contributed by atoms with E-state index in [0.717, 1.165) is 4.31 Å². The molecule has 0 saturated heterocycles. The lowest BCUT2D eigenvalue weighted by Gasteiger charge is -2.34. The highest BCUT2D eigenvalue weighted by Crippen LogP contribution is 2.21. The molecule has 0 fully saturated rings. The smallest absolute Gasteiger partial charge is 0.304 e. The Balaban J connectivity index is 5.22. The fourth-order valence-electron chi connectivity index (χ4n) is 1.30. The van der Waals surface area contributed by atoms with Gasteiger partial charge in [-0.25, -0.2) is 8.42 Å². The minimum Gasteiger partial charge on any atom is -0.481 e. The number of nitriles is 1. The summed E-state index contributed by atoms with van der Waals surface area (Å²) in [6, 6.07) is 1.67. The van der Waals surface area contributed by atoms with Crippen LogP contribution >= 0.6 is 0 Å². The van der Waals surface area contributed by atoms with Crippen molar-refractivity contribution in [1.29, 1.82) is 5.26 Å². The van der Waals surface area contributed by atoms with Crippen LogP contribution in [-0.2, 0) is 14.8 Å². The second-order valence-electron chi connectivity index (χ2n) is 4.70. The van der Waals surface area contributed by atoms with Crippen molar-refractivity contribution in [2.75, 3.05) is 6.54 Å². The number of carboxylic acids is 1. The minimum atomic E-state index is -3.80. The highest BCUT2D eigenvalue weighted by molar-refractivity contribution is 7.90. The van der Waals surface area contributed by atoms with Gasteiger partial charge in [-0.05, 0) is 27.7 Å². The lowest BCUT2D eigenvalue weighted by atomic mass is 10.1. The fourth-order valence-corrected chi connectivity index (χ4v) is 2.92. The summed E-state index contributed by atoms with van der Waals surface area (Å²) < 4.78 is 25.1. The molecule has 0 amide bonds. The van der Waals surface area contributed by atoms with Crippen LogP contribution in [0, 0.1) is 11.3 Å². The van der Waals surface area contributed by atoms with E-state index in [9.17, 15) is 13.2 Å². The summed E-state index contributed by atoms with van der Waals surface area (Å²) in [7, 11) is -3.80. The molecular formula is C10H18N2O4S. The molecule has 17 heavy (non-hydrogen) atoms. The first-order chi connectivity index (χ1) is 7.53. The number of rotatable bonds is 5. The zero-order valence-electron chi connectivity index (χ0n) is 10.5. The van der Waals surface area contributed by atoms with Crippen LogP contribution in [0.25, 0.3) is 0 Å². The van der Waals surface area contributed by atoms with E-state index in [1.54, 1.807) is 26.8 Å². The van der Waals surface area contributed by atoms with Gasteiger partial charge in [-0.3, -0.25) is 4.79 Å². The lowest BCUT2D eigenvalue weighted by Crippen LogP contribution is -2.49. The maximum absolute atomic E-state index is 12.0. The van der Waals surface area contributed by atoms with Crippen LogP contribution in [-0.4, -0.2) is 41.1 Å². The Kier molecular flexibility index (Phi) is 5.11. The molecule has 1 N–H and O–H groups in total. The fraction of sp³-hybridized carbons (Fsp3) is 0.800. The van der Waals surface area contributed by atoms with Crippen molar-refractivity contribution in [3.8, 4) is 6.07 Å². The van der Waals surface area contributed by atoms with Gasteiger partial charge < -0.3 is 5.11 Å². The summed E-state index contributed by atoms with van der Waals surface area (Å²) in [5, 5.41) is 16.1. The Labute approximate surface area is 102 Å². The van der Waals surface area contributed by atoms with Crippen LogP contribution < -0.4 is 0 Å². The molecule has 7 heteroatoms. The molecule has 6 nitrogen and oxygen atoms in total. The summed E-state index contributed by atoms with van der Waals surface area (Å²) in [5.74, 6) is -1.07. The average Bonchev–Trinajstić information content (AvgIpc) is 2.13. The Morgan fingerprint density at radius 2 is 1.94 bits per heavy atom. The van der Waals surface area contributed by atoms with Crippen molar-refractivity contribution in [2.24, 2.45) is 0 Å². The molecule has 98 valence electrons. The molecule has 0 aromatic rings. The van der Waals surface area contributed by atoms with E-state index in [-0.39, 0.29) is 13.0 Å². The number of sulfonamides is 1. The molecule has 0 heterocycles. The quantitative estimate of drug-likeness (QED) is 0.790. The summed E-state index contributed by atoms with van der Waals surface area (Å²) in [6.07, 6.45) is -0.283. The second-order valence-corrected chi connectivity index (χ2v) is 6.88. The van der Waals surface area contributed by atoms with Gasteiger partial charge in [-0.2, -0.15) is 9.57 Å². The first-order valence-corrected chi connectivity index (χ1v) is 6.67. The molecule has 0 aromatic carbocycles. The zero-order chi connectivity index (χ0) is 13.9. The number of carbonyl (C=O) groups is 1. The third-order valence-electron chi connectivity index (χ3n) is 2.21. The minimum absolute atomic E-state index is 0.132. The Morgan fingerprint density at radius 1 is 1.47 bits per heavy atom. The molecule has 0 radical (unpaired) electrons. The van der Waals surface area contributed by atoms with Gasteiger partial charge in [0.25, 0.3) is 0 Å². The van der Waals surface area contributed by atoms with Crippen LogP contribution in [0.2, 0.25) is 0 Å². The monoisotopic (exact) mass is 262 g/mol. The van der Waals surface area contributed by atoms with E-state index in [4.69, 9.17) is 10.4 Å². The number of nitrogens with zero attached hydrogens (tertiary/aromatic N) is 2. The topological polar surface area (TPSA) is 98.5 Å². The normalized spacial score (nSPS) is 14.4. The predicted molar refractivity (Wildman–Crippen MR) is 62.7 cm³/mol. The van der Waals surface area contributed by atoms with Crippen molar-refractivity contribution in [1.82, 2.24) is 4.31 Å². The molecule has 0 bridgehead atoms. The molecule has 0 aliphatic carbocycles. The van der Waals surface area contributed by atoms with Gasteiger partial charge in [-0.1, -0.05) is 0 Å². The van der Waals surface area contributed by atoms with E-state index < -0.39 is 26.8 Å². The third-order valence-corrected chi connectivity index (χ3v) is 4.56. The lowest BCUT2D eigenvalue weighted by molar-refractivity contribution is -0.137. The third kappa shape index (κ3) is 4.32. The molecular weight excluding hydrogens is 244 g/mol. The van der Waals surface area contributed by atoms with Crippen LogP contribution in [0.3, 0.4) is 0 Å². The summed E-state index contributed by atoms with van der Waals surface area (Å²) in [6.45, 7) is 6.14. The Morgan fingerprint density at radius 3 is 2.24 bits per heavy atom. The van der Waals surface area contributed by atoms with Gasteiger partial charge in [0.15, 0.2) is 5.25 Å². The van der Waals surface area contributed by atoms with Gasteiger partial charge in [0.05, 0.1) is 12.5 Å². The van der Waals surface area contributed by atoms with Gasteiger partial charge in [0, 0.05) is 12.1 Å². The highest BCUT2D eigenvalue weighted by Gasteiger charge is 2.36. The van der Waals surface area contributed by atoms with Crippen LogP contribution in [0.5, 0.6) is 0 Å². The number of hydrogen-bond donors (Lipinski definition) is 1. The summed E-state index contributed by atoms with van der Waals surface area (Å²) in [4.78, 5) is 10.5. The molecule has 0 aliphatic heterocycles. The van der Waals surface area contributed by atoms with E-state index in [1.165, 1.54) is 6.92 Å².